The smallest absolute Gasteiger partial charge is 0.147 e. The Balaban J connectivity index is 1.63. The zero-order valence-electron chi connectivity index (χ0n) is 17.5. The third kappa shape index (κ3) is 2.96. The monoisotopic (exact) mass is 418 g/mol. The topological polar surface area (TPSA) is 17.8 Å². The van der Waals surface area contributed by atoms with Gasteiger partial charge in [-0.25, -0.2) is 4.98 Å². The van der Waals surface area contributed by atoms with Crippen LogP contribution in [0, 0.1) is 0 Å². The van der Waals surface area contributed by atoms with Crippen molar-refractivity contribution in [3.63, 3.8) is 0 Å². The molecule has 2 nitrogen and oxygen atoms in total. The van der Waals surface area contributed by atoms with Gasteiger partial charge in [0.25, 0.3) is 0 Å². The van der Waals surface area contributed by atoms with E-state index < -0.39 is 0 Å². The van der Waals surface area contributed by atoms with Crippen LogP contribution < -0.4 is 0 Å². The normalized spacial score (nSPS) is 11.8. The molecule has 2 heterocycles. The molecule has 0 bridgehead atoms. The number of rotatable bonds is 3. The third-order valence-electron chi connectivity index (χ3n) is 6.06. The fourth-order valence-corrected chi connectivity index (χ4v) is 5.35. The Morgan fingerprint density at radius 2 is 1.61 bits per heavy atom. The minimum atomic E-state index is 0.525. The average molecular weight is 419 g/mol. The summed E-state index contributed by atoms with van der Waals surface area (Å²) >= 11 is 1.80. The van der Waals surface area contributed by atoms with Crippen molar-refractivity contribution in [1.82, 2.24) is 9.55 Å². The van der Waals surface area contributed by atoms with Crippen molar-refractivity contribution in [2.24, 2.45) is 0 Å². The molecular formula is C28H22N2S. The molecule has 2 aromatic heterocycles. The fourth-order valence-electron chi connectivity index (χ4n) is 4.36. The zero-order chi connectivity index (χ0) is 20.9. The van der Waals surface area contributed by atoms with Crippen molar-refractivity contribution in [1.29, 1.82) is 0 Å². The van der Waals surface area contributed by atoms with Crippen molar-refractivity contribution in [2.75, 3.05) is 0 Å². The molecule has 4 aromatic carbocycles. The number of hydrogen-bond donors (Lipinski definition) is 0. The highest BCUT2D eigenvalue weighted by Gasteiger charge is 2.18. The minimum absolute atomic E-state index is 0.525. The molecule has 0 radical (unpaired) electrons. The lowest BCUT2D eigenvalue weighted by Crippen LogP contribution is -1.97. The minimum Gasteiger partial charge on any atom is -0.292 e. The molecule has 0 spiro atoms. The average Bonchev–Trinajstić information content (AvgIpc) is 3.39. The van der Waals surface area contributed by atoms with Crippen LogP contribution in [0.25, 0.3) is 49.0 Å². The van der Waals surface area contributed by atoms with Gasteiger partial charge in [-0.1, -0.05) is 68.4 Å². The van der Waals surface area contributed by atoms with Crippen LogP contribution in [0.4, 0.5) is 0 Å². The molecule has 0 atom stereocenters. The summed E-state index contributed by atoms with van der Waals surface area (Å²) in [5.74, 6) is 1.53. The second-order valence-corrected chi connectivity index (χ2v) is 9.26. The number of aromatic nitrogens is 2. The van der Waals surface area contributed by atoms with Crippen LogP contribution in [-0.4, -0.2) is 9.55 Å². The second kappa shape index (κ2) is 7.07. The lowest BCUT2D eigenvalue weighted by molar-refractivity contribution is 0.869. The SMILES string of the molecule is CC(C)c1ccc2c(-c3nc4ccccc4n3-c3ccc4ccccc4c3)csc2c1. The molecule has 31 heavy (non-hydrogen) atoms. The van der Waals surface area contributed by atoms with Gasteiger partial charge < -0.3 is 0 Å². The van der Waals surface area contributed by atoms with Crippen LogP contribution in [0.2, 0.25) is 0 Å². The van der Waals surface area contributed by atoms with E-state index in [1.54, 1.807) is 11.3 Å². The van der Waals surface area contributed by atoms with Gasteiger partial charge in [-0.3, -0.25) is 4.57 Å². The van der Waals surface area contributed by atoms with E-state index in [4.69, 9.17) is 4.98 Å². The molecule has 150 valence electrons. The van der Waals surface area contributed by atoms with E-state index in [-0.39, 0.29) is 0 Å². The standard InChI is InChI=1S/C28H22N2S/c1-18(2)20-12-14-23-24(17-31-27(23)16-20)28-29-25-9-5-6-10-26(25)30(28)22-13-11-19-7-3-4-8-21(19)15-22/h3-18H,1-2H3. The number of benzene rings is 4. The predicted octanol–water partition coefficient (Wildman–Crippen LogP) is 8.18. The molecule has 0 aliphatic rings. The summed E-state index contributed by atoms with van der Waals surface area (Å²) in [7, 11) is 0. The summed E-state index contributed by atoms with van der Waals surface area (Å²) in [4.78, 5) is 5.09. The van der Waals surface area contributed by atoms with Gasteiger partial charge in [0.2, 0.25) is 0 Å². The molecule has 6 rings (SSSR count). The zero-order valence-corrected chi connectivity index (χ0v) is 18.4. The van der Waals surface area contributed by atoms with E-state index >= 15 is 0 Å². The number of fused-ring (bicyclic) bond motifs is 3. The van der Waals surface area contributed by atoms with E-state index in [1.807, 2.05) is 0 Å². The summed E-state index contributed by atoms with van der Waals surface area (Å²) in [5, 5.41) is 6.01. The first-order valence-corrected chi connectivity index (χ1v) is 11.6. The van der Waals surface area contributed by atoms with E-state index in [9.17, 15) is 0 Å². The lowest BCUT2D eigenvalue weighted by atomic mass is 10.0. The van der Waals surface area contributed by atoms with E-state index in [0.717, 1.165) is 22.5 Å². The maximum atomic E-state index is 5.09. The summed E-state index contributed by atoms with van der Waals surface area (Å²) < 4.78 is 3.62. The molecule has 0 saturated heterocycles. The van der Waals surface area contributed by atoms with Gasteiger partial charge in [0.1, 0.15) is 5.82 Å². The summed E-state index contributed by atoms with van der Waals surface area (Å²) in [6.07, 6.45) is 0. The third-order valence-corrected chi connectivity index (χ3v) is 7.00. The highest BCUT2D eigenvalue weighted by Crippen LogP contribution is 2.38. The lowest BCUT2D eigenvalue weighted by Gasteiger charge is -2.11. The van der Waals surface area contributed by atoms with Crippen LogP contribution in [0.1, 0.15) is 25.3 Å². The Hall–Kier alpha value is -3.43. The van der Waals surface area contributed by atoms with Gasteiger partial charge in [0.15, 0.2) is 0 Å². The Bertz CT molecular complexity index is 1570. The van der Waals surface area contributed by atoms with Crippen LogP contribution in [0.15, 0.2) is 90.3 Å². The van der Waals surface area contributed by atoms with Gasteiger partial charge in [0, 0.05) is 26.7 Å². The number of imidazole rings is 1. The molecule has 0 aliphatic carbocycles. The Kier molecular flexibility index (Phi) is 4.18. The molecular weight excluding hydrogens is 396 g/mol. The van der Waals surface area contributed by atoms with E-state index in [0.29, 0.717) is 5.92 Å². The van der Waals surface area contributed by atoms with E-state index in [2.05, 4.69) is 109 Å². The molecule has 0 saturated carbocycles. The van der Waals surface area contributed by atoms with Crippen LogP contribution >= 0.6 is 11.3 Å². The van der Waals surface area contributed by atoms with Gasteiger partial charge in [-0.05, 0) is 52.6 Å². The molecule has 0 N–H and O–H groups in total. The highest BCUT2D eigenvalue weighted by atomic mass is 32.1. The van der Waals surface area contributed by atoms with Crippen molar-refractivity contribution in [3.8, 4) is 17.1 Å². The maximum absolute atomic E-state index is 5.09. The number of para-hydroxylation sites is 2. The summed E-state index contributed by atoms with van der Waals surface area (Å²) in [6.45, 7) is 4.49. The van der Waals surface area contributed by atoms with Crippen LogP contribution in [-0.2, 0) is 0 Å². The Morgan fingerprint density at radius 1 is 0.806 bits per heavy atom. The first kappa shape index (κ1) is 18.3. The molecule has 3 heteroatoms. The Morgan fingerprint density at radius 3 is 2.48 bits per heavy atom. The summed E-state index contributed by atoms with van der Waals surface area (Å²) in [5.41, 5.74) is 5.86. The number of thiophene rings is 1. The highest BCUT2D eigenvalue weighted by molar-refractivity contribution is 7.17. The number of hydrogen-bond acceptors (Lipinski definition) is 2. The van der Waals surface area contributed by atoms with Crippen molar-refractivity contribution in [3.05, 3.63) is 95.9 Å². The molecule has 0 fully saturated rings. The van der Waals surface area contributed by atoms with Crippen molar-refractivity contribution in [2.45, 2.75) is 19.8 Å². The predicted molar refractivity (Wildman–Crippen MR) is 133 cm³/mol. The maximum Gasteiger partial charge on any atom is 0.147 e. The van der Waals surface area contributed by atoms with Gasteiger partial charge >= 0.3 is 0 Å². The second-order valence-electron chi connectivity index (χ2n) is 8.35. The van der Waals surface area contributed by atoms with Gasteiger partial charge in [-0.2, -0.15) is 0 Å². The molecule has 0 amide bonds. The Labute approximate surface area is 185 Å². The first-order valence-electron chi connectivity index (χ1n) is 10.7. The largest absolute Gasteiger partial charge is 0.292 e. The van der Waals surface area contributed by atoms with Gasteiger partial charge in [0.05, 0.1) is 11.0 Å². The van der Waals surface area contributed by atoms with Crippen molar-refractivity contribution >= 4 is 43.2 Å². The molecule has 6 aromatic rings. The first-order chi connectivity index (χ1) is 15.2. The number of nitrogens with zero attached hydrogens (tertiary/aromatic N) is 2. The summed E-state index contributed by atoms with van der Waals surface area (Å²) in [6, 6.07) is 30.4. The van der Waals surface area contributed by atoms with Crippen molar-refractivity contribution < 1.29 is 0 Å². The quantitative estimate of drug-likeness (QED) is 0.283. The van der Waals surface area contributed by atoms with Crippen LogP contribution in [0.5, 0.6) is 0 Å². The van der Waals surface area contributed by atoms with Gasteiger partial charge in [-0.15, -0.1) is 11.3 Å². The molecule has 0 aliphatic heterocycles. The molecule has 0 unspecified atom stereocenters. The van der Waals surface area contributed by atoms with Crippen LogP contribution in [0.3, 0.4) is 0 Å². The van der Waals surface area contributed by atoms with E-state index in [1.165, 1.54) is 32.0 Å². The fraction of sp³-hybridized carbons (Fsp3) is 0.107.